The number of rotatable bonds is 5. The van der Waals surface area contributed by atoms with E-state index in [2.05, 4.69) is 21.1 Å². The molecule has 4 rings (SSSR count). The molecule has 4 heteroatoms. The van der Waals surface area contributed by atoms with Gasteiger partial charge in [0.1, 0.15) is 5.82 Å². The van der Waals surface area contributed by atoms with E-state index in [1.54, 1.807) is 24.5 Å². The van der Waals surface area contributed by atoms with Gasteiger partial charge in [-0.3, -0.25) is 4.98 Å². The molecule has 1 aliphatic carbocycles. The molecule has 0 spiro atoms. The summed E-state index contributed by atoms with van der Waals surface area (Å²) < 4.78 is 16.4. The van der Waals surface area contributed by atoms with Crippen molar-refractivity contribution in [3.05, 3.63) is 65.9 Å². The van der Waals surface area contributed by atoms with Crippen LogP contribution in [0.4, 0.5) is 4.39 Å². The van der Waals surface area contributed by atoms with E-state index >= 15 is 0 Å². The lowest BCUT2D eigenvalue weighted by molar-refractivity contribution is 0.635. The Morgan fingerprint density at radius 3 is 2.77 bits per heavy atom. The van der Waals surface area contributed by atoms with E-state index in [0.717, 1.165) is 35.1 Å². The van der Waals surface area contributed by atoms with Gasteiger partial charge in [0.15, 0.2) is 0 Å². The van der Waals surface area contributed by atoms with Gasteiger partial charge >= 0.3 is 0 Å². The van der Waals surface area contributed by atoms with Crippen LogP contribution in [0.2, 0.25) is 0 Å². The van der Waals surface area contributed by atoms with Gasteiger partial charge in [-0.15, -0.1) is 0 Å². The van der Waals surface area contributed by atoms with E-state index in [9.17, 15) is 4.39 Å². The molecule has 0 saturated heterocycles. The highest BCUT2D eigenvalue weighted by Gasteiger charge is 2.21. The Morgan fingerprint density at radius 2 is 2.00 bits per heavy atom. The minimum atomic E-state index is -0.140. The predicted molar refractivity (Wildman–Crippen MR) is 85.1 cm³/mol. The zero-order valence-corrected chi connectivity index (χ0v) is 12.3. The summed E-state index contributed by atoms with van der Waals surface area (Å²) in [5.74, 6) is -0.140. The molecular weight excluding hydrogens is 277 g/mol. The van der Waals surface area contributed by atoms with Crippen molar-refractivity contribution in [1.82, 2.24) is 14.9 Å². The normalized spacial score (nSPS) is 14.6. The number of halogens is 1. The van der Waals surface area contributed by atoms with Gasteiger partial charge in [-0.25, -0.2) is 4.39 Å². The standard InChI is InChI=1S/C18H18FN3/c19-16-2-1-3-17-18(16)14(10-21-15-4-5-15)12-22(17)11-13-6-8-20-9-7-13/h1-3,6-9,12,15,21H,4-5,10-11H2. The second-order valence-electron chi connectivity index (χ2n) is 5.93. The van der Waals surface area contributed by atoms with Gasteiger partial charge in [0, 0.05) is 43.1 Å². The molecule has 1 saturated carbocycles. The Hall–Kier alpha value is -2.20. The molecule has 0 unspecified atom stereocenters. The summed E-state index contributed by atoms with van der Waals surface area (Å²) in [6.07, 6.45) is 8.12. The van der Waals surface area contributed by atoms with Crippen molar-refractivity contribution >= 4 is 10.9 Å². The van der Waals surface area contributed by atoms with Gasteiger partial charge in [-0.05, 0) is 48.2 Å². The van der Waals surface area contributed by atoms with Crippen molar-refractivity contribution < 1.29 is 4.39 Å². The minimum absolute atomic E-state index is 0.140. The Balaban J connectivity index is 1.72. The van der Waals surface area contributed by atoms with Gasteiger partial charge in [-0.1, -0.05) is 6.07 Å². The average Bonchev–Trinajstić information content (AvgIpc) is 3.30. The predicted octanol–water partition coefficient (Wildman–Crippen LogP) is 3.48. The smallest absolute Gasteiger partial charge is 0.132 e. The van der Waals surface area contributed by atoms with Crippen LogP contribution >= 0.6 is 0 Å². The summed E-state index contributed by atoms with van der Waals surface area (Å²) in [6.45, 7) is 1.46. The van der Waals surface area contributed by atoms with E-state index in [0.29, 0.717) is 6.04 Å². The molecule has 1 fully saturated rings. The average molecular weight is 295 g/mol. The van der Waals surface area contributed by atoms with Crippen LogP contribution in [0, 0.1) is 5.82 Å². The lowest BCUT2D eigenvalue weighted by Gasteiger charge is -2.05. The molecule has 22 heavy (non-hydrogen) atoms. The fraction of sp³-hybridized carbons (Fsp3) is 0.278. The second kappa shape index (κ2) is 5.54. The molecule has 3 nitrogen and oxygen atoms in total. The zero-order chi connectivity index (χ0) is 14.9. The zero-order valence-electron chi connectivity index (χ0n) is 12.3. The first kappa shape index (κ1) is 13.5. The fourth-order valence-corrected chi connectivity index (χ4v) is 2.88. The van der Waals surface area contributed by atoms with E-state index < -0.39 is 0 Å². The summed E-state index contributed by atoms with van der Waals surface area (Å²) in [5, 5.41) is 4.22. The highest BCUT2D eigenvalue weighted by Crippen LogP contribution is 2.26. The van der Waals surface area contributed by atoms with Gasteiger partial charge in [0.2, 0.25) is 0 Å². The van der Waals surface area contributed by atoms with E-state index in [1.807, 2.05) is 18.2 Å². The largest absolute Gasteiger partial charge is 0.343 e. The van der Waals surface area contributed by atoms with Gasteiger partial charge < -0.3 is 9.88 Å². The van der Waals surface area contributed by atoms with Crippen molar-refractivity contribution in [3.8, 4) is 0 Å². The highest BCUT2D eigenvalue weighted by molar-refractivity contribution is 5.84. The third-order valence-electron chi connectivity index (χ3n) is 4.19. The molecule has 1 aromatic carbocycles. The third-order valence-corrected chi connectivity index (χ3v) is 4.19. The van der Waals surface area contributed by atoms with E-state index in [-0.39, 0.29) is 5.82 Å². The van der Waals surface area contributed by atoms with Crippen molar-refractivity contribution in [2.24, 2.45) is 0 Å². The molecule has 2 heterocycles. The first-order valence-corrected chi connectivity index (χ1v) is 7.70. The lowest BCUT2D eigenvalue weighted by Crippen LogP contribution is -2.15. The minimum Gasteiger partial charge on any atom is -0.343 e. The van der Waals surface area contributed by atoms with Crippen molar-refractivity contribution in [1.29, 1.82) is 0 Å². The topological polar surface area (TPSA) is 29.9 Å². The van der Waals surface area contributed by atoms with E-state index in [4.69, 9.17) is 0 Å². The number of aromatic nitrogens is 2. The van der Waals surface area contributed by atoms with Gasteiger partial charge in [-0.2, -0.15) is 0 Å². The number of benzene rings is 1. The molecule has 0 radical (unpaired) electrons. The number of hydrogen-bond donors (Lipinski definition) is 1. The lowest BCUT2D eigenvalue weighted by atomic mass is 10.1. The first-order chi connectivity index (χ1) is 10.8. The summed E-state index contributed by atoms with van der Waals surface area (Å²) >= 11 is 0. The second-order valence-corrected chi connectivity index (χ2v) is 5.93. The van der Waals surface area contributed by atoms with Crippen LogP contribution in [0.5, 0.6) is 0 Å². The molecular formula is C18H18FN3. The fourth-order valence-electron chi connectivity index (χ4n) is 2.88. The molecule has 0 atom stereocenters. The summed E-state index contributed by atoms with van der Waals surface area (Å²) in [5.41, 5.74) is 3.15. The van der Waals surface area contributed by atoms with Crippen LogP contribution in [-0.4, -0.2) is 15.6 Å². The van der Waals surface area contributed by atoms with E-state index in [1.165, 1.54) is 12.8 Å². The quantitative estimate of drug-likeness (QED) is 0.781. The third kappa shape index (κ3) is 2.62. The summed E-state index contributed by atoms with van der Waals surface area (Å²) in [4.78, 5) is 4.05. The molecule has 1 aliphatic rings. The van der Waals surface area contributed by atoms with Crippen LogP contribution in [0.1, 0.15) is 24.0 Å². The monoisotopic (exact) mass is 295 g/mol. The number of hydrogen-bond acceptors (Lipinski definition) is 2. The molecule has 0 bridgehead atoms. The Morgan fingerprint density at radius 1 is 1.18 bits per heavy atom. The maximum atomic E-state index is 14.3. The Bertz CT molecular complexity index is 791. The number of nitrogens with zero attached hydrogens (tertiary/aromatic N) is 2. The SMILES string of the molecule is Fc1cccc2c1c(CNC1CC1)cn2Cc1ccncc1. The maximum Gasteiger partial charge on any atom is 0.132 e. The van der Waals surface area contributed by atoms with Crippen molar-refractivity contribution in [2.75, 3.05) is 0 Å². The number of nitrogens with one attached hydrogen (secondary N) is 1. The molecule has 112 valence electrons. The van der Waals surface area contributed by atoms with Gasteiger partial charge in [0.05, 0.1) is 5.52 Å². The first-order valence-electron chi connectivity index (χ1n) is 7.70. The van der Waals surface area contributed by atoms with Crippen molar-refractivity contribution in [3.63, 3.8) is 0 Å². The molecule has 0 amide bonds. The number of fused-ring (bicyclic) bond motifs is 1. The van der Waals surface area contributed by atoms with Crippen LogP contribution in [-0.2, 0) is 13.1 Å². The van der Waals surface area contributed by atoms with Crippen LogP contribution < -0.4 is 5.32 Å². The maximum absolute atomic E-state index is 14.3. The summed E-state index contributed by atoms with van der Waals surface area (Å²) in [7, 11) is 0. The molecule has 0 aliphatic heterocycles. The molecule has 3 aromatic rings. The van der Waals surface area contributed by atoms with Gasteiger partial charge in [0.25, 0.3) is 0 Å². The van der Waals surface area contributed by atoms with Crippen molar-refractivity contribution in [2.45, 2.75) is 32.0 Å². The molecule has 1 N–H and O–H groups in total. The molecule has 2 aromatic heterocycles. The number of pyridine rings is 1. The summed E-state index contributed by atoms with van der Waals surface area (Å²) in [6, 6.07) is 9.91. The highest BCUT2D eigenvalue weighted by atomic mass is 19.1. The Labute approximate surface area is 128 Å². The van der Waals surface area contributed by atoms with Crippen LogP contribution in [0.25, 0.3) is 10.9 Å². The van der Waals surface area contributed by atoms with Crippen LogP contribution in [0.3, 0.4) is 0 Å². The Kier molecular flexibility index (Phi) is 3.39. The van der Waals surface area contributed by atoms with Crippen LogP contribution in [0.15, 0.2) is 48.9 Å².